The number of unbranched alkanes of at least 4 members (excludes halogenated alkanes) is 5. The fourth-order valence-electron chi connectivity index (χ4n) is 3.38. The molecule has 0 heterocycles. The minimum Gasteiger partial charge on any atom is -0.466 e. The zero-order chi connectivity index (χ0) is 21.9. The fourth-order valence-corrected chi connectivity index (χ4v) is 3.38. The van der Waals surface area contributed by atoms with Gasteiger partial charge in [-0.1, -0.05) is 62.9 Å². The number of hydrogen-bond acceptors (Lipinski definition) is 5. The highest BCUT2D eigenvalue weighted by Gasteiger charge is 2.12. The van der Waals surface area contributed by atoms with Crippen LogP contribution in [0.4, 0.5) is 0 Å². The Labute approximate surface area is 182 Å². The van der Waals surface area contributed by atoms with Crippen LogP contribution in [0.5, 0.6) is 0 Å². The summed E-state index contributed by atoms with van der Waals surface area (Å²) in [7, 11) is 1.71. The molecule has 0 bridgehead atoms. The second-order valence-corrected chi connectivity index (χ2v) is 7.74. The monoisotopic (exact) mass is 420 g/mol. The molecule has 0 spiro atoms. The summed E-state index contributed by atoms with van der Waals surface area (Å²) in [5.41, 5.74) is 1.27. The standard InChI is InChI=1S/C25H40O5/c1-3-19-29-24(26)15-11-6-4-5-7-12-16-25(27)30-21-18-23(17-20-28-2)22-13-9-8-10-14-22/h8-10,13-14,23H,3-7,11-12,15-21H2,1-2H3. The second-order valence-electron chi connectivity index (χ2n) is 7.74. The first kappa shape index (κ1) is 26.2. The molecule has 0 saturated carbocycles. The van der Waals surface area contributed by atoms with Crippen molar-refractivity contribution < 1.29 is 23.8 Å². The first-order valence-corrected chi connectivity index (χ1v) is 11.5. The first-order valence-electron chi connectivity index (χ1n) is 11.5. The Morgan fingerprint density at radius 1 is 0.767 bits per heavy atom. The SMILES string of the molecule is CCCOC(=O)CCCCCCCCC(=O)OCCC(CCOC)c1ccccc1. The van der Waals surface area contributed by atoms with Gasteiger partial charge >= 0.3 is 11.9 Å². The van der Waals surface area contributed by atoms with Gasteiger partial charge < -0.3 is 14.2 Å². The first-order chi connectivity index (χ1) is 14.7. The third-order valence-electron chi connectivity index (χ3n) is 5.15. The lowest BCUT2D eigenvalue weighted by molar-refractivity contribution is -0.144. The Bertz CT molecular complexity index is 558. The van der Waals surface area contributed by atoms with E-state index < -0.39 is 0 Å². The molecule has 5 heteroatoms. The van der Waals surface area contributed by atoms with Crippen LogP contribution in [-0.4, -0.2) is 38.9 Å². The number of hydrogen-bond donors (Lipinski definition) is 0. The van der Waals surface area contributed by atoms with Crippen LogP contribution in [-0.2, 0) is 23.8 Å². The van der Waals surface area contributed by atoms with E-state index in [2.05, 4.69) is 12.1 Å². The molecule has 0 N–H and O–H groups in total. The van der Waals surface area contributed by atoms with Crippen LogP contribution in [0.25, 0.3) is 0 Å². The van der Waals surface area contributed by atoms with Gasteiger partial charge in [0.1, 0.15) is 0 Å². The maximum Gasteiger partial charge on any atom is 0.305 e. The zero-order valence-electron chi connectivity index (χ0n) is 18.9. The summed E-state index contributed by atoms with van der Waals surface area (Å²) in [5.74, 6) is 0.154. The molecule has 170 valence electrons. The molecule has 1 atom stereocenters. The van der Waals surface area contributed by atoms with Gasteiger partial charge in [0, 0.05) is 26.6 Å². The summed E-state index contributed by atoms with van der Waals surface area (Å²) in [5, 5.41) is 0. The topological polar surface area (TPSA) is 61.8 Å². The average Bonchev–Trinajstić information content (AvgIpc) is 2.77. The van der Waals surface area contributed by atoms with Gasteiger partial charge in [-0.05, 0) is 43.6 Å². The summed E-state index contributed by atoms with van der Waals surface area (Å²) >= 11 is 0. The fraction of sp³-hybridized carbons (Fsp3) is 0.680. The van der Waals surface area contributed by atoms with Crippen LogP contribution in [0.3, 0.4) is 0 Å². The Hall–Kier alpha value is -1.88. The van der Waals surface area contributed by atoms with Crippen molar-refractivity contribution in [1.82, 2.24) is 0 Å². The number of ether oxygens (including phenoxy) is 3. The van der Waals surface area contributed by atoms with Gasteiger partial charge in [0.25, 0.3) is 0 Å². The van der Waals surface area contributed by atoms with Crippen molar-refractivity contribution in [3.63, 3.8) is 0 Å². The highest BCUT2D eigenvalue weighted by Crippen LogP contribution is 2.23. The summed E-state index contributed by atoms with van der Waals surface area (Å²) in [4.78, 5) is 23.4. The molecule has 1 unspecified atom stereocenters. The molecular weight excluding hydrogens is 380 g/mol. The molecule has 0 aliphatic carbocycles. The lowest BCUT2D eigenvalue weighted by Crippen LogP contribution is -2.10. The highest BCUT2D eigenvalue weighted by atomic mass is 16.5. The molecule has 1 rings (SSSR count). The van der Waals surface area contributed by atoms with Gasteiger partial charge in [0.15, 0.2) is 0 Å². The summed E-state index contributed by atoms with van der Waals surface area (Å²) in [6.07, 6.45) is 9.60. The lowest BCUT2D eigenvalue weighted by Gasteiger charge is -2.17. The third kappa shape index (κ3) is 13.4. The minimum absolute atomic E-state index is 0.0867. The van der Waals surface area contributed by atoms with E-state index >= 15 is 0 Å². The van der Waals surface area contributed by atoms with Gasteiger partial charge in [-0.2, -0.15) is 0 Å². The Kier molecular flexibility index (Phi) is 15.6. The summed E-state index contributed by atoms with van der Waals surface area (Å²) in [6.45, 7) is 3.67. The molecule has 0 aliphatic heterocycles. The molecule has 5 nitrogen and oxygen atoms in total. The zero-order valence-corrected chi connectivity index (χ0v) is 18.9. The van der Waals surface area contributed by atoms with Crippen LogP contribution < -0.4 is 0 Å². The van der Waals surface area contributed by atoms with Crippen LogP contribution >= 0.6 is 0 Å². The van der Waals surface area contributed by atoms with Gasteiger partial charge in [0.2, 0.25) is 0 Å². The largest absolute Gasteiger partial charge is 0.466 e. The predicted octanol–water partition coefficient (Wildman–Crippen LogP) is 5.81. The number of benzene rings is 1. The molecule has 0 fully saturated rings. The third-order valence-corrected chi connectivity index (χ3v) is 5.15. The Morgan fingerprint density at radius 3 is 1.87 bits per heavy atom. The predicted molar refractivity (Wildman–Crippen MR) is 119 cm³/mol. The summed E-state index contributed by atoms with van der Waals surface area (Å²) < 4.78 is 15.7. The van der Waals surface area contributed by atoms with E-state index in [1.807, 2.05) is 25.1 Å². The number of esters is 2. The van der Waals surface area contributed by atoms with Gasteiger partial charge in [-0.3, -0.25) is 9.59 Å². The number of methoxy groups -OCH3 is 1. The molecular formula is C25H40O5. The quantitative estimate of drug-likeness (QED) is 0.221. The van der Waals surface area contributed by atoms with E-state index in [-0.39, 0.29) is 11.9 Å². The maximum absolute atomic E-state index is 12.0. The number of carbonyl (C=O) groups is 2. The molecule has 0 saturated heterocycles. The highest BCUT2D eigenvalue weighted by molar-refractivity contribution is 5.69. The van der Waals surface area contributed by atoms with Crippen LogP contribution in [0.2, 0.25) is 0 Å². The van der Waals surface area contributed by atoms with E-state index in [0.29, 0.717) is 38.6 Å². The number of rotatable bonds is 18. The molecule has 0 radical (unpaired) electrons. The molecule has 30 heavy (non-hydrogen) atoms. The van der Waals surface area contributed by atoms with Gasteiger partial charge in [-0.25, -0.2) is 0 Å². The van der Waals surface area contributed by atoms with Gasteiger partial charge in [-0.15, -0.1) is 0 Å². The molecule has 1 aromatic carbocycles. The van der Waals surface area contributed by atoms with E-state index in [1.165, 1.54) is 5.56 Å². The molecule has 0 amide bonds. The van der Waals surface area contributed by atoms with Crippen LogP contribution in [0.1, 0.15) is 89.0 Å². The smallest absolute Gasteiger partial charge is 0.305 e. The Morgan fingerprint density at radius 2 is 1.30 bits per heavy atom. The Balaban J connectivity index is 2.05. The van der Waals surface area contributed by atoms with E-state index in [4.69, 9.17) is 14.2 Å². The van der Waals surface area contributed by atoms with Crippen molar-refractivity contribution in [1.29, 1.82) is 0 Å². The van der Waals surface area contributed by atoms with E-state index in [0.717, 1.165) is 57.8 Å². The van der Waals surface area contributed by atoms with Gasteiger partial charge in [0.05, 0.1) is 13.2 Å². The van der Waals surface area contributed by atoms with Crippen LogP contribution in [0, 0.1) is 0 Å². The second kappa shape index (κ2) is 17.9. The summed E-state index contributed by atoms with van der Waals surface area (Å²) in [6, 6.07) is 10.3. The molecule has 0 aromatic heterocycles. The van der Waals surface area contributed by atoms with Crippen molar-refractivity contribution in [3.8, 4) is 0 Å². The van der Waals surface area contributed by atoms with Crippen molar-refractivity contribution in [3.05, 3.63) is 35.9 Å². The normalized spacial score (nSPS) is 11.8. The lowest BCUT2D eigenvalue weighted by atomic mass is 9.93. The van der Waals surface area contributed by atoms with E-state index in [1.54, 1.807) is 7.11 Å². The maximum atomic E-state index is 12.0. The number of carbonyl (C=O) groups excluding carboxylic acids is 2. The van der Waals surface area contributed by atoms with Crippen LogP contribution in [0.15, 0.2) is 30.3 Å². The van der Waals surface area contributed by atoms with Crippen molar-refractivity contribution >= 4 is 11.9 Å². The molecule has 1 aromatic rings. The van der Waals surface area contributed by atoms with Crippen molar-refractivity contribution in [2.45, 2.75) is 83.5 Å². The van der Waals surface area contributed by atoms with Crippen molar-refractivity contribution in [2.24, 2.45) is 0 Å². The van der Waals surface area contributed by atoms with E-state index in [9.17, 15) is 9.59 Å². The average molecular weight is 421 g/mol. The molecule has 0 aliphatic rings. The minimum atomic E-state index is -0.104. The van der Waals surface area contributed by atoms with Crippen molar-refractivity contribution in [2.75, 3.05) is 26.9 Å².